The molecule has 0 fully saturated rings. The number of unbranched alkanes of at least 4 members (excludes halogenated alkanes) is 1. The van der Waals surface area contributed by atoms with Gasteiger partial charge in [-0.1, -0.05) is 43.7 Å². The van der Waals surface area contributed by atoms with Crippen LogP contribution in [0.1, 0.15) is 19.8 Å². The van der Waals surface area contributed by atoms with E-state index >= 15 is 0 Å². The predicted octanol–water partition coefficient (Wildman–Crippen LogP) is 5.97. The first kappa shape index (κ1) is 28.2. The molecule has 0 aliphatic rings. The van der Waals surface area contributed by atoms with Crippen LogP contribution in [0.4, 0.5) is 20.7 Å². The van der Waals surface area contributed by atoms with E-state index in [0.717, 1.165) is 12.0 Å². The van der Waals surface area contributed by atoms with E-state index in [0.29, 0.717) is 47.4 Å². The number of urea groups is 1. The van der Waals surface area contributed by atoms with E-state index in [2.05, 4.69) is 15.7 Å². The second-order valence-corrected chi connectivity index (χ2v) is 8.99. The molecule has 0 radical (unpaired) electrons. The van der Waals surface area contributed by atoms with Crippen molar-refractivity contribution in [2.45, 2.75) is 19.8 Å². The Morgan fingerprint density at radius 3 is 2.38 bits per heavy atom. The summed E-state index contributed by atoms with van der Waals surface area (Å²) in [5.74, 6) is 0.628. The summed E-state index contributed by atoms with van der Waals surface area (Å²) in [6, 6.07) is 21.7. The number of amides is 3. The standard InChI is InChI=1S/C30H32FN5O4/c1-4-5-17-35(30(38)32-25-16-15-24(39-2)18-27(25)40-3)20-29(37)33-28-19-26(21-9-7-6-8-10-21)34-36(28)23-13-11-22(31)12-14-23/h6-16,18-19H,4-5,17,20H2,1-3H3,(H,32,38)(H,33,37). The Morgan fingerprint density at radius 2 is 1.70 bits per heavy atom. The Bertz CT molecular complexity index is 1440. The molecule has 40 heavy (non-hydrogen) atoms. The second kappa shape index (κ2) is 13.3. The van der Waals surface area contributed by atoms with Crippen LogP contribution in [0.2, 0.25) is 0 Å². The molecule has 9 nitrogen and oxygen atoms in total. The zero-order valence-corrected chi connectivity index (χ0v) is 22.7. The molecule has 1 aromatic heterocycles. The number of carbonyl (C=O) groups is 2. The van der Waals surface area contributed by atoms with E-state index in [1.165, 1.54) is 24.1 Å². The van der Waals surface area contributed by atoms with E-state index in [9.17, 15) is 14.0 Å². The van der Waals surface area contributed by atoms with Crippen molar-refractivity contribution in [1.29, 1.82) is 0 Å². The van der Waals surface area contributed by atoms with Crippen LogP contribution in [0.25, 0.3) is 16.9 Å². The largest absolute Gasteiger partial charge is 0.497 e. The van der Waals surface area contributed by atoms with E-state index in [1.54, 1.807) is 48.2 Å². The first-order valence-corrected chi connectivity index (χ1v) is 12.9. The van der Waals surface area contributed by atoms with Gasteiger partial charge in [0.2, 0.25) is 5.91 Å². The Balaban J connectivity index is 1.55. The highest BCUT2D eigenvalue weighted by Crippen LogP contribution is 2.29. The van der Waals surface area contributed by atoms with Crippen LogP contribution < -0.4 is 20.1 Å². The lowest BCUT2D eigenvalue weighted by Crippen LogP contribution is -2.41. The van der Waals surface area contributed by atoms with E-state index in [1.807, 2.05) is 37.3 Å². The number of ether oxygens (including phenoxy) is 2. The maximum atomic E-state index is 13.6. The average molecular weight is 546 g/mol. The quantitative estimate of drug-likeness (QED) is 0.242. The average Bonchev–Trinajstić information content (AvgIpc) is 3.39. The fraction of sp³-hybridized carbons (Fsp3) is 0.233. The molecule has 3 aromatic carbocycles. The molecule has 10 heteroatoms. The van der Waals surface area contributed by atoms with Gasteiger partial charge in [0.15, 0.2) is 0 Å². The van der Waals surface area contributed by atoms with Crippen molar-refractivity contribution in [1.82, 2.24) is 14.7 Å². The van der Waals surface area contributed by atoms with Gasteiger partial charge >= 0.3 is 6.03 Å². The molecule has 0 bridgehead atoms. The molecule has 1 heterocycles. The van der Waals surface area contributed by atoms with E-state index < -0.39 is 11.9 Å². The lowest BCUT2D eigenvalue weighted by atomic mass is 10.1. The predicted molar refractivity (Wildman–Crippen MR) is 153 cm³/mol. The third kappa shape index (κ3) is 6.96. The molecule has 0 aliphatic carbocycles. The minimum atomic E-state index is -0.441. The highest BCUT2D eigenvalue weighted by molar-refractivity contribution is 5.97. The molecular formula is C30H32FN5O4. The summed E-state index contributed by atoms with van der Waals surface area (Å²) in [5.41, 5.74) is 2.52. The summed E-state index contributed by atoms with van der Waals surface area (Å²) in [4.78, 5) is 27.9. The number of nitrogens with zero attached hydrogens (tertiary/aromatic N) is 3. The molecule has 2 N–H and O–H groups in total. The minimum Gasteiger partial charge on any atom is -0.497 e. The van der Waals surface area contributed by atoms with Crippen LogP contribution in [0.3, 0.4) is 0 Å². The minimum absolute atomic E-state index is 0.195. The number of aromatic nitrogens is 2. The van der Waals surface area contributed by atoms with Crippen LogP contribution >= 0.6 is 0 Å². The molecular weight excluding hydrogens is 513 g/mol. The van der Waals surface area contributed by atoms with Gasteiger partial charge in [-0.05, 0) is 42.8 Å². The highest BCUT2D eigenvalue weighted by atomic mass is 19.1. The van der Waals surface area contributed by atoms with Crippen molar-refractivity contribution in [2.24, 2.45) is 0 Å². The Morgan fingerprint density at radius 1 is 0.950 bits per heavy atom. The molecule has 0 atom stereocenters. The number of anilines is 2. The third-order valence-electron chi connectivity index (χ3n) is 6.17. The number of nitrogens with one attached hydrogen (secondary N) is 2. The van der Waals surface area contributed by atoms with Crippen LogP contribution in [-0.2, 0) is 4.79 Å². The molecule has 0 unspecified atom stereocenters. The number of rotatable bonds is 11. The summed E-state index contributed by atoms with van der Waals surface area (Å²) in [7, 11) is 3.05. The van der Waals surface area contributed by atoms with Crippen molar-refractivity contribution in [3.63, 3.8) is 0 Å². The van der Waals surface area contributed by atoms with Gasteiger partial charge in [0, 0.05) is 24.2 Å². The van der Waals surface area contributed by atoms with Gasteiger partial charge in [-0.2, -0.15) is 5.10 Å². The van der Waals surface area contributed by atoms with Crippen molar-refractivity contribution in [3.8, 4) is 28.4 Å². The van der Waals surface area contributed by atoms with Crippen molar-refractivity contribution < 1.29 is 23.5 Å². The van der Waals surface area contributed by atoms with Gasteiger partial charge in [-0.25, -0.2) is 13.9 Å². The topological polar surface area (TPSA) is 97.7 Å². The maximum absolute atomic E-state index is 13.6. The third-order valence-corrected chi connectivity index (χ3v) is 6.17. The number of benzene rings is 3. The van der Waals surface area contributed by atoms with Crippen molar-refractivity contribution in [3.05, 3.63) is 84.7 Å². The van der Waals surface area contributed by atoms with Crippen molar-refractivity contribution in [2.75, 3.05) is 37.9 Å². The molecule has 4 aromatic rings. The smallest absolute Gasteiger partial charge is 0.322 e. The zero-order valence-electron chi connectivity index (χ0n) is 22.7. The Kier molecular flexibility index (Phi) is 9.35. The zero-order chi connectivity index (χ0) is 28.5. The number of hydrogen-bond acceptors (Lipinski definition) is 5. The van der Waals surface area contributed by atoms with Gasteiger partial charge in [0.05, 0.1) is 31.3 Å². The fourth-order valence-corrected chi connectivity index (χ4v) is 4.05. The normalized spacial score (nSPS) is 10.6. The van der Waals surface area contributed by atoms with Crippen LogP contribution in [0.15, 0.2) is 78.9 Å². The van der Waals surface area contributed by atoms with Gasteiger partial charge in [0.1, 0.15) is 29.7 Å². The van der Waals surface area contributed by atoms with E-state index in [4.69, 9.17) is 9.47 Å². The maximum Gasteiger partial charge on any atom is 0.322 e. The van der Waals surface area contributed by atoms with E-state index in [-0.39, 0.29) is 12.4 Å². The van der Waals surface area contributed by atoms with Crippen LogP contribution in [0, 0.1) is 5.82 Å². The number of methoxy groups -OCH3 is 2. The second-order valence-electron chi connectivity index (χ2n) is 8.99. The Hall–Kier alpha value is -4.86. The van der Waals surface area contributed by atoms with Crippen molar-refractivity contribution >= 4 is 23.4 Å². The lowest BCUT2D eigenvalue weighted by molar-refractivity contribution is -0.116. The molecule has 0 spiro atoms. The lowest BCUT2D eigenvalue weighted by Gasteiger charge is -2.23. The summed E-state index contributed by atoms with van der Waals surface area (Å²) < 4.78 is 25.7. The number of hydrogen-bond donors (Lipinski definition) is 2. The van der Waals surface area contributed by atoms with Gasteiger partial charge < -0.3 is 25.0 Å². The van der Waals surface area contributed by atoms with Gasteiger partial charge in [-0.3, -0.25) is 4.79 Å². The summed E-state index contributed by atoms with van der Waals surface area (Å²) in [6.45, 7) is 2.19. The van der Waals surface area contributed by atoms with Crippen LogP contribution in [0.5, 0.6) is 11.5 Å². The van der Waals surface area contributed by atoms with Gasteiger partial charge in [0.25, 0.3) is 0 Å². The SMILES string of the molecule is CCCCN(CC(=O)Nc1cc(-c2ccccc2)nn1-c1ccc(F)cc1)C(=O)Nc1ccc(OC)cc1OC. The molecule has 0 aliphatic heterocycles. The highest BCUT2D eigenvalue weighted by Gasteiger charge is 2.21. The summed E-state index contributed by atoms with van der Waals surface area (Å²) in [6.07, 6.45) is 1.56. The Labute approximate surface area is 232 Å². The molecule has 0 saturated heterocycles. The van der Waals surface area contributed by atoms with Crippen LogP contribution in [-0.4, -0.2) is 53.9 Å². The first-order chi connectivity index (χ1) is 19.4. The molecule has 3 amide bonds. The summed E-state index contributed by atoms with van der Waals surface area (Å²) >= 11 is 0. The fourth-order valence-electron chi connectivity index (χ4n) is 4.05. The monoisotopic (exact) mass is 545 g/mol. The molecule has 208 valence electrons. The number of halogens is 1. The number of carbonyl (C=O) groups excluding carboxylic acids is 2. The molecule has 4 rings (SSSR count). The first-order valence-electron chi connectivity index (χ1n) is 12.9. The summed E-state index contributed by atoms with van der Waals surface area (Å²) in [5, 5.41) is 10.4. The van der Waals surface area contributed by atoms with Gasteiger partial charge in [-0.15, -0.1) is 0 Å². The molecule has 0 saturated carbocycles.